The van der Waals surface area contributed by atoms with Crippen molar-refractivity contribution in [2.45, 2.75) is 43.2 Å². The van der Waals surface area contributed by atoms with E-state index < -0.39 is 0 Å². The van der Waals surface area contributed by atoms with Gasteiger partial charge < -0.3 is 4.74 Å². The third-order valence-corrected chi connectivity index (χ3v) is 5.46. The smallest absolute Gasteiger partial charge is 0.269 e. The summed E-state index contributed by atoms with van der Waals surface area (Å²) < 4.78 is 6.21. The number of hydrogen-bond acceptors (Lipinski definition) is 4. The molecule has 5 nitrogen and oxygen atoms in total. The van der Waals surface area contributed by atoms with Gasteiger partial charge in [0.1, 0.15) is 11.9 Å². The lowest BCUT2D eigenvalue weighted by Gasteiger charge is -2.51. The second kappa shape index (κ2) is 3.95. The van der Waals surface area contributed by atoms with Gasteiger partial charge >= 0.3 is 0 Å². The molecule has 3 atom stereocenters. The number of likely N-dealkylation sites (N-methyl/N-ethyl adjacent to an activating group) is 1. The summed E-state index contributed by atoms with van der Waals surface area (Å²) in [4.78, 5) is 13.1. The minimum atomic E-state index is -0.306. The maximum Gasteiger partial charge on any atom is 0.269 e. The molecule has 0 N–H and O–H groups in total. The monoisotopic (exact) mass is 274 g/mol. The fourth-order valence-corrected chi connectivity index (χ4v) is 4.42. The highest BCUT2D eigenvalue weighted by Gasteiger charge is 2.57. The molecule has 1 aliphatic carbocycles. The predicted molar refractivity (Wildman–Crippen MR) is 74.1 cm³/mol. The van der Waals surface area contributed by atoms with Crippen molar-refractivity contribution >= 4 is 5.69 Å². The lowest BCUT2D eigenvalue weighted by atomic mass is 9.62. The second-order valence-corrected chi connectivity index (χ2v) is 6.32. The molecule has 0 spiro atoms. The lowest BCUT2D eigenvalue weighted by molar-refractivity contribution is -0.385. The van der Waals surface area contributed by atoms with Crippen molar-refractivity contribution in [3.8, 4) is 5.75 Å². The Morgan fingerprint density at radius 1 is 1.45 bits per heavy atom. The molecule has 1 saturated heterocycles. The molecule has 20 heavy (non-hydrogen) atoms. The molecule has 2 bridgehead atoms. The Bertz CT molecular complexity index is 588. The number of fused-ring (bicyclic) bond motifs is 1. The maximum absolute atomic E-state index is 11.0. The van der Waals surface area contributed by atoms with Crippen LogP contribution in [-0.2, 0) is 5.41 Å². The van der Waals surface area contributed by atoms with Crippen LogP contribution in [0.5, 0.6) is 5.75 Å². The highest BCUT2D eigenvalue weighted by atomic mass is 16.6. The molecular weight excluding hydrogens is 256 g/mol. The van der Waals surface area contributed by atoms with Crippen molar-refractivity contribution in [2.75, 3.05) is 13.6 Å². The van der Waals surface area contributed by atoms with Crippen LogP contribution in [0.25, 0.3) is 0 Å². The zero-order valence-corrected chi connectivity index (χ0v) is 11.5. The third kappa shape index (κ3) is 1.41. The Morgan fingerprint density at radius 3 is 3.10 bits per heavy atom. The Kier molecular flexibility index (Phi) is 2.40. The van der Waals surface area contributed by atoms with Gasteiger partial charge in [0.2, 0.25) is 0 Å². The topological polar surface area (TPSA) is 55.6 Å². The van der Waals surface area contributed by atoms with E-state index in [1.807, 2.05) is 0 Å². The van der Waals surface area contributed by atoms with Gasteiger partial charge in [-0.25, -0.2) is 0 Å². The summed E-state index contributed by atoms with van der Waals surface area (Å²) in [6.45, 7) is 1.05. The largest absolute Gasteiger partial charge is 0.488 e. The van der Waals surface area contributed by atoms with Crippen molar-refractivity contribution in [2.24, 2.45) is 0 Å². The van der Waals surface area contributed by atoms with Gasteiger partial charge in [-0.3, -0.25) is 15.0 Å². The van der Waals surface area contributed by atoms with E-state index in [9.17, 15) is 10.1 Å². The molecule has 2 heterocycles. The first-order valence-corrected chi connectivity index (χ1v) is 7.28. The molecule has 4 rings (SSSR count). The van der Waals surface area contributed by atoms with E-state index in [0.717, 1.165) is 30.7 Å². The van der Waals surface area contributed by atoms with E-state index in [-0.39, 0.29) is 22.1 Å². The summed E-state index contributed by atoms with van der Waals surface area (Å²) in [5.74, 6) is 0.864. The minimum Gasteiger partial charge on any atom is -0.488 e. The molecule has 1 aromatic rings. The van der Waals surface area contributed by atoms with Gasteiger partial charge in [-0.2, -0.15) is 0 Å². The molecule has 0 amide bonds. The van der Waals surface area contributed by atoms with Crippen LogP contribution in [0.1, 0.15) is 31.2 Å². The Hall–Kier alpha value is -1.62. The highest BCUT2D eigenvalue weighted by Crippen LogP contribution is 2.55. The van der Waals surface area contributed by atoms with Gasteiger partial charge in [0.25, 0.3) is 5.69 Å². The number of likely N-dealkylation sites (tertiary alicyclic amines) is 1. The Balaban J connectivity index is 1.84. The number of nitro groups is 1. The molecule has 1 aromatic carbocycles. The number of piperidine rings is 1. The summed E-state index contributed by atoms with van der Waals surface area (Å²) >= 11 is 0. The van der Waals surface area contributed by atoms with Crippen molar-refractivity contribution in [3.05, 3.63) is 33.9 Å². The van der Waals surface area contributed by atoms with E-state index in [1.165, 1.54) is 12.8 Å². The average Bonchev–Trinajstić information content (AvgIpc) is 2.78. The number of nitro benzene ring substituents is 1. The fourth-order valence-electron chi connectivity index (χ4n) is 4.42. The molecule has 1 saturated carbocycles. The van der Waals surface area contributed by atoms with E-state index in [2.05, 4.69) is 11.9 Å². The van der Waals surface area contributed by atoms with Crippen LogP contribution < -0.4 is 4.74 Å². The minimum absolute atomic E-state index is 0.0107. The number of rotatable bonds is 1. The Morgan fingerprint density at radius 2 is 2.30 bits per heavy atom. The molecule has 0 aromatic heterocycles. The summed E-state index contributed by atoms with van der Waals surface area (Å²) in [7, 11) is 2.16. The van der Waals surface area contributed by atoms with Crippen LogP contribution in [0, 0.1) is 10.1 Å². The number of hydrogen-bond donors (Lipinski definition) is 0. The first kappa shape index (κ1) is 12.1. The summed E-state index contributed by atoms with van der Waals surface area (Å²) in [5.41, 5.74) is 1.27. The molecule has 3 aliphatic rings. The molecule has 0 radical (unpaired) electrons. The van der Waals surface area contributed by atoms with E-state index in [4.69, 9.17) is 4.74 Å². The lowest BCUT2D eigenvalue weighted by Crippen LogP contribution is -2.60. The van der Waals surface area contributed by atoms with Crippen molar-refractivity contribution in [1.82, 2.24) is 4.90 Å². The fraction of sp³-hybridized carbons (Fsp3) is 0.600. The van der Waals surface area contributed by atoms with Gasteiger partial charge in [-0.1, -0.05) is 6.42 Å². The SMILES string of the molecule is CN1CCC23CCCC1C2Oc1ccc([N+](=O)[O-])cc13. The first-order chi connectivity index (χ1) is 9.62. The van der Waals surface area contributed by atoms with Crippen LogP contribution in [0.4, 0.5) is 5.69 Å². The molecule has 2 fully saturated rings. The van der Waals surface area contributed by atoms with Crippen molar-refractivity contribution < 1.29 is 9.66 Å². The van der Waals surface area contributed by atoms with Gasteiger partial charge in [0, 0.05) is 29.2 Å². The van der Waals surface area contributed by atoms with Crippen LogP contribution >= 0.6 is 0 Å². The van der Waals surface area contributed by atoms with Gasteiger partial charge in [-0.05, 0) is 38.9 Å². The zero-order valence-electron chi connectivity index (χ0n) is 11.5. The van der Waals surface area contributed by atoms with E-state index in [0.29, 0.717) is 6.04 Å². The number of non-ortho nitro benzene ring substituents is 1. The first-order valence-electron chi connectivity index (χ1n) is 7.28. The van der Waals surface area contributed by atoms with Crippen LogP contribution in [0.15, 0.2) is 18.2 Å². The third-order valence-electron chi connectivity index (χ3n) is 5.46. The van der Waals surface area contributed by atoms with Gasteiger partial charge in [0.15, 0.2) is 0 Å². The van der Waals surface area contributed by atoms with E-state index in [1.54, 1.807) is 18.2 Å². The van der Waals surface area contributed by atoms with Crippen LogP contribution in [-0.4, -0.2) is 35.6 Å². The van der Waals surface area contributed by atoms with Crippen LogP contribution in [0.3, 0.4) is 0 Å². The molecular formula is C15H18N2O3. The van der Waals surface area contributed by atoms with Crippen LogP contribution in [0.2, 0.25) is 0 Å². The number of benzene rings is 1. The predicted octanol–water partition coefficient (Wildman–Crippen LogP) is 2.48. The standard InChI is InChI=1S/C15H18N2O3/c1-16-8-7-15-6-2-3-12(16)14(15)20-13-5-4-10(17(18)19)9-11(13)15/h4-5,9,12,14H,2-3,6-8H2,1H3. The van der Waals surface area contributed by atoms with E-state index >= 15 is 0 Å². The van der Waals surface area contributed by atoms with Gasteiger partial charge in [0.05, 0.1) is 4.92 Å². The molecule has 106 valence electrons. The number of nitrogens with zero attached hydrogens (tertiary/aromatic N) is 2. The highest BCUT2D eigenvalue weighted by molar-refractivity contribution is 5.52. The molecule has 2 aliphatic heterocycles. The summed E-state index contributed by atoms with van der Waals surface area (Å²) in [6.07, 6.45) is 4.65. The van der Waals surface area contributed by atoms with Gasteiger partial charge in [-0.15, -0.1) is 0 Å². The van der Waals surface area contributed by atoms with Crippen molar-refractivity contribution in [3.63, 3.8) is 0 Å². The molecule has 3 unspecified atom stereocenters. The second-order valence-electron chi connectivity index (χ2n) is 6.32. The Labute approximate surface area is 117 Å². The molecule has 5 heteroatoms. The zero-order chi connectivity index (χ0) is 13.9. The quantitative estimate of drug-likeness (QED) is 0.583. The average molecular weight is 274 g/mol. The maximum atomic E-state index is 11.0. The normalized spacial score (nSPS) is 35.0. The number of ether oxygens (including phenoxy) is 1. The van der Waals surface area contributed by atoms with Crippen molar-refractivity contribution in [1.29, 1.82) is 0 Å². The summed E-state index contributed by atoms with van der Waals surface area (Å²) in [6, 6.07) is 5.54. The summed E-state index contributed by atoms with van der Waals surface area (Å²) in [5, 5.41) is 11.0.